The Labute approximate surface area is 125 Å². The lowest BCUT2D eigenvalue weighted by molar-refractivity contribution is -0.124. The van der Waals surface area contributed by atoms with Gasteiger partial charge in [0.1, 0.15) is 0 Å². The summed E-state index contributed by atoms with van der Waals surface area (Å²) in [4.78, 5) is 24.4. The molecule has 2 aromatic rings. The van der Waals surface area contributed by atoms with Crippen molar-refractivity contribution in [3.63, 3.8) is 0 Å². The number of hydrogen-bond acceptors (Lipinski definition) is 5. The second kappa shape index (κ2) is 6.26. The third-order valence-electron chi connectivity index (χ3n) is 3.69. The van der Waals surface area contributed by atoms with Crippen molar-refractivity contribution in [3.8, 4) is 10.8 Å². The molecule has 0 atom stereocenters. The van der Waals surface area contributed by atoms with Crippen molar-refractivity contribution in [2.24, 2.45) is 5.92 Å². The fourth-order valence-corrected chi connectivity index (χ4v) is 3.21. The lowest BCUT2D eigenvalue weighted by atomic mass is 10.1. The molecule has 1 aliphatic carbocycles. The minimum Gasteiger partial charge on any atom is -0.387 e. The highest BCUT2D eigenvalue weighted by Crippen LogP contribution is 2.24. The third kappa shape index (κ3) is 3.24. The topological polar surface area (TPSA) is 77.1 Å². The molecule has 7 heteroatoms. The Morgan fingerprint density at radius 2 is 2.29 bits per heavy atom. The minimum absolute atomic E-state index is 0.0857. The molecule has 1 saturated carbocycles. The predicted octanol–water partition coefficient (Wildman–Crippen LogP) is 1.87. The van der Waals surface area contributed by atoms with Gasteiger partial charge >= 0.3 is 5.76 Å². The summed E-state index contributed by atoms with van der Waals surface area (Å²) in [5.41, 5.74) is 0. The molecular formula is C14H17N3O3S. The average Bonchev–Trinajstić information content (AvgIpc) is 3.20. The summed E-state index contributed by atoms with van der Waals surface area (Å²) < 4.78 is 6.36. The standard InChI is InChI=1S/C14H17N3O3S/c18-12(10-4-1-2-5-10)15-7-8-17-14(19)20-13(16-17)11-6-3-9-21-11/h3,6,9-10H,1-2,4-5,7-8H2,(H,15,18). The van der Waals surface area contributed by atoms with Gasteiger partial charge in [-0.15, -0.1) is 16.4 Å². The molecule has 0 saturated heterocycles. The quantitative estimate of drug-likeness (QED) is 0.915. The van der Waals surface area contributed by atoms with Gasteiger partial charge in [-0.25, -0.2) is 4.79 Å². The fraction of sp³-hybridized carbons (Fsp3) is 0.500. The summed E-state index contributed by atoms with van der Waals surface area (Å²) in [7, 11) is 0. The zero-order chi connectivity index (χ0) is 14.7. The number of carbonyl (C=O) groups excluding carboxylic acids is 1. The van der Waals surface area contributed by atoms with Crippen LogP contribution in [0.4, 0.5) is 0 Å². The van der Waals surface area contributed by atoms with Gasteiger partial charge in [-0.05, 0) is 24.3 Å². The molecule has 0 spiro atoms. The minimum atomic E-state index is -0.492. The van der Waals surface area contributed by atoms with Crippen LogP contribution < -0.4 is 11.1 Å². The van der Waals surface area contributed by atoms with E-state index in [1.54, 1.807) is 0 Å². The van der Waals surface area contributed by atoms with E-state index in [1.807, 2.05) is 17.5 Å². The highest BCUT2D eigenvalue weighted by Gasteiger charge is 2.22. The number of thiophene rings is 1. The van der Waals surface area contributed by atoms with E-state index < -0.39 is 5.76 Å². The maximum atomic E-state index is 11.9. The Hall–Kier alpha value is -1.89. The molecule has 0 aromatic carbocycles. The largest absolute Gasteiger partial charge is 0.437 e. The first-order valence-corrected chi connectivity index (χ1v) is 8.01. The van der Waals surface area contributed by atoms with Crippen molar-refractivity contribution >= 4 is 17.2 Å². The first-order chi connectivity index (χ1) is 10.2. The van der Waals surface area contributed by atoms with Gasteiger partial charge < -0.3 is 9.73 Å². The van der Waals surface area contributed by atoms with Crippen LogP contribution >= 0.6 is 11.3 Å². The normalized spacial score (nSPS) is 15.4. The van der Waals surface area contributed by atoms with Crippen molar-refractivity contribution in [1.29, 1.82) is 0 Å². The average molecular weight is 307 g/mol. The molecule has 0 bridgehead atoms. The van der Waals surface area contributed by atoms with Crippen molar-refractivity contribution in [3.05, 3.63) is 28.1 Å². The predicted molar refractivity (Wildman–Crippen MR) is 79.0 cm³/mol. The third-order valence-corrected chi connectivity index (χ3v) is 4.54. The Morgan fingerprint density at radius 3 is 3.00 bits per heavy atom. The van der Waals surface area contributed by atoms with Crippen LogP contribution in [0.3, 0.4) is 0 Å². The first-order valence-electron chi connectivity index (χ1n) is 7.13. The molecule has 1 aliphatic rings. The number of rotatable bonds is 5. The van der Waals surface area contributed by atoms with Gasteiger partial charge in [-0.2, -0.15) is 4.68 Å². The molecule has 1 fully saturated rings. The molecule has 0 radical (unpaired) electrons. The van der Waals surface area contributed by atoms with Gasteiger partial charge in [0, 0.05) is 12.5 Å². The van der Waals surface area contributed by atoms with Crippen molar-refractivity contribution in [2.75, 3.05) is 6.54 Å². The molecule has 6 nitrogen and oxygen atoms in total. The number of nitrogens with one attached hydrogen (secondary N) is 1. The zero-order valence-electron chi connectivity index (χ0n) is 11.6. The molecular weight excluding hydrogens is 290 g/mol. The van der Waals surface area contributed by atoms with E-state index in [4.69, 9.17) is 4.42 Å². The van der Waals surface area contributed by atoms with E-state index in [1.165, 1.54) is 16.0 Å². The molecule has 0 aliphatic heterocycles. The summed E-state index contributed by atoms with van der Waals surface area (Å²) in [6, 6.07) is 3.73. The number of nitrogens with zero attached hydrogens (tertiary/aromatic N) is 2. The monoisotopic (exact) mass is 307 g/mol. The molecule has 21 heavy (non-hydrogen) atoms. The SMILES string of the molecule is O=C(NCCn1nc(-c2cccs2)oc1=O)C1CCCC1. The molecule has 112 valence electrons. The van der Waals surface area contributed by atoms with Gasteiger partial charge in [-0.3, -0.25) is 4.79 Å². The lowest BCUT2D eigenvalue weighted by Gasteiger charge is -2.09. The summed E-state index contributed by atoms with van der Waals surface area (Å²) in [5.74, 6) is 0.0638. The molecule has 1 amide bonds. The van der Waals surface area contributed by atoms with Crippen LogP contribution in [-0.2, 0) is 11.3 Å². The van der Waals surface area contributed by atoms with Crippen LogP contribution in [0.5, 0.6) is 0 Å². The van der Waals surface area contributed by atoms with Crippen LogP contribution in [0, 0.1) is 5.92 Å². The molecule has 2 heterocycles. The number of amides is 1. The fourth-order valence-electron chi connectivity index (χ4n) is 2.56. The molecule has 2 aromatic heterocycles. The second-order valence-electron chi connectivity index (χ2n) is 5.15. The summed E-state index contributed by atoms with van der Waals surface area (Å²) in [5, 5.41) is 8.91. The van der Waals surface area contributed by atoms with Gasteiger partial charge in [0.15, 0.2) is 0 Å². The highest BCUT2D eigenvalue weighted by molar-refractivity contribution is 7.13. The number of aromatic nitrogens is 2. The van der Waals surface area contributed by atoms with Crippen LogP contribution in [0.2, 0.25) is 0 Å². The summed E-state index contributed by atoms with van der Waals surface area (Å²) in [6.07, 6.45) is 4.20. The molecule has 3 rings (SSSR count). The van der Waals surface area contributed by atoms with E-state index in [0.717, 1.165) is 30.6 Å². The number of hydrogen-bond donors (Lipinski definition) is 1. The highest BCUT2D eigenvalue weighted by atomic mass is 32.1. The van der Waals surface area contributed by atoms with E-state index in [0.29, 0.717) is 19.0 Å². The van der Waals surface area contributed by atoms with Crippen LogP contribution in [-0.4, -0.2) is 22.2 Å². The lowest BCUT2D eigenvalue weighted by Crippen LogP contribution is -2.33. The Balaban J connectivity index is 1.56. The van der Waals surface area contributed by atoms with E-state index in [2.05, 4.69) is 10.4 Å². The van der Waals surface area contributed by atoms with E-state index in [-0.39, 0.29) is 11.8 Å². The van der Waals surface area contributed by atoms with Gasteiger partial charge in [-0.1, -0.05) is 18.9 Å². The van der Waals surface area contributed by atoms with Crippen LogP contribution in [0.15, 0.2) is 26.7 Å². The molecule has 0 unspecified atom stereocenters. The van der Waals surface area contributed by atoms with Gasteiger partial charge in [0.25, 0.3) is 5.89 Å². The van der Waals surface area contributed by atoms with Gasteiger partial charge in [0.2, 0.25) is 5.91 Å². The Kier molecular flexibility index (Phi) is 4.19. The zero-order valence-corrected chi connectivity index (χ0v) is 12.4. The summed E-state index contributed by atoms with van der Waals surface area (Å²) in [6.45, 7) is 0.720. The maximum absolute atomic E-state index is 11.9. The first kappa shape index (κ1) is 14.1. The smallest absolute Gasteiger partial charge is 0.387 e. The van der Waals surface area contributed by atoms with E-state index in [9.17, 15) is 9.59 Å². The van der Waals surface area contributed by atoms with Crippen LogP contribution in [0.25, 0.3) is 10.8 Å². The Bertz CT molecular complexity index is 653. The van der Waals surface area contributed by atoms with E-state index >= 15 is 0 Å². The summed E-state index contributed by atoms with van der Waals surface area (Å²) >= 11 is 1.47. The van der Waals surface area contributed by atoms with Crippen molar-refractivity contribution in [1.82, 2.24) is 15.1 Å². The van der Waals surface area contributed by atoms with Gasteiger partial charge in [0.05, 0.1) is 11.4 Å². The number of carbonyl (C=O) groups is 1. The van der Waals surface area contributed by atoms with Crippen molar-refractivity contribution in [2.45, 2.75) is 32.2 Å². The second-order valence-corrected chi connectivity index (χ2v) is 6.09. The maximum Gasteiger partial charge on any atom is 0.437 e. The molecule has 1 N–H and O–H groups in total. The Morgan fingerprint density at radius 1 is 1.48 bits per heavy atom. The van der Waals surface area contributed by atoms with Crippen molar-refractivity contribution < 1.29 is 9.21 Å². The van der Waals surface area contributed by atoms with Crippen LogP contribution in [0.1, 0.15) is 25.7 Å².